The van der Waals surface area contributed by atoms with Crippen molar-refractivity contribution in [3.8, 4) is 0 Å². The van der Waals surface area contributed by atoms with Crippen molar-refractivity contribution in [3.63, 3.8) is 0 Å². The predicted octanol–water partition coefficient (Wildman–Crippen LogP) is 2.90. The quantitative estimate of drug-likeness (QED) is 0.822. The summed E-state index contributed by atoms with van der Waals surface area (Å²) in [7, 11) is 0. The molecule has 3 nitrogen and oxygen atoms in total. The largest absolute Gasteiger partial charge is 0.390 e. The number of rotatable bonds is 5. The summed E-state index contributed by atoms with van der Waals surface area (Å²) in [4.78, 5) is 0. The van der Waals surface area contributed by atoms with Gasteiger partial charge in [0.15, 0.2) is 0 Å². The van der Waals surface area contributed by atoms with Crippen LogP contribution in [0.15, 0.2) is 0 Å². The molecule has 2 rings (SSSR count). The van der Waals surface area contributed by atoms with Gasteiger partial charge in [0.1, 0.15) is 6.10 Å². The normalized spacial score (nSPS) is 36.3. The molecule has 0 radical (unpaired) electrons. The smallest absolute Gasteiger partial charge is 0.110 e. The van der Waals surface area contributed by atoms with Crippen LogP contribution in [-0.4, -0.2) is 36.1 Å². The summed E-state index contributed by atoms with van der Waals surface area (Å²) >= 11 is 0. The first kappa shape index (κ1) is 14.3. The second-order valence-electron chi connectivity index (χ2n) is 6.68. The van der Waals surface area contributed by atoms with Crippen molar-refractivity contribution in [3.05, 3.63) is 0 Å². The Labute approximate surface area is 111 Å². The van der Waals surface area contributed by atoms with Gasteiger partial charge < -0.3 is 14.6 Å². The van der Waals surface area contributed by atoms with E-state index in [9.17, 15) is 5.11 Å². The molecule has 106 valence electrons. The highest BCUT2D eigenvalue weighted by Gasteiger charge is 2.43. The minimum atomic E-state index is -0.318. The second kappa shape index (κ2) is 5.89. The molecule has 0 heterocycles. The Morgan fingerprint density at radius 2 is 1.89 bits per heavy atom. The molecule has 0 spiro atoms. The Balaban J connectivity index is 1.73. The molecule has 3 unspecified atom stereocenters. The number of hydrogen-bond acceptors (Lipinski definition) is 3. The first-order chi connectivity index (χ1) is 8.52. The van der Waals surface area contributed by atoms with E-state index < -0.39 is 0 Å². The van der Waals surface area contributed by atoms with Crippen LogP contribution < -0.4 is 0 Å². The van der Waals surface area contributed by atoms with Gasteiger partial charge in [0.2, 0.25) is 0 Å². The van der Waals surface area contributed by atoms with Gasteiger partial charge in [-0.25, -0.2) is 0 Å². The molecule has 0 aromatic heterocycles. The van der Waals surface area contributed by atoms with Gasteiger partial charge in [-0.05, 0) is 37.5 Å². The molecule has 0 aromatic rings. The lowest BCUT2D eigenvalue weighted by atomic mass is 9.76. The Kier molecular flexibility index (Phi) is 4.68. The summed E-state index contributed by atoms with van der Waals surface area (Å²) in [5.41, 5.74) is 0.483. The van der Waals surface area contributed by atoms with Gasteiger partial charge in [-0.2, -0.15) is 0 Å². The van der Waals surface area contributed by atoms with Gasteiger partial charge in [-0.3, -0.25) is 0 Å². The maximum atomic E-state index is 9.71. The molecular weight excluding hydrogens is 228 g/mol. The molecule has 0 saturated heterocycles. The van der Waals surface area contributed by atoms with E-state index in [2.05, 4.69) is 20.8 Å². The fourth-order valence-corrected chi connectivity index (χ4v) is 2.92. The van der Waals surface area contributed by atoms with Crippen LogP contribution in [0.1, 0.15) is 59.3 Å². The predicted molar refractivity (Wildman–Crippen MR) is 71.6 cm³/mol. The van der Waals surface area contributed by atoms with Crippen LogP contribution >= 0.6 is 0 Å². The fraction of sp³-hybridized carbons (Fsp3) is 1.00. The lowest BCUT2D eigenvalue weighted by molar-refractivity contribution is -0.212. The minimum Gasteiger partial charge on any atom is -0.390 e. The third kappa shape index (κ3) is 3.46. The number of ether oxygens (including phenoxy) is 2. The average molecular weight is 256 g/mol. The second-order valence-corrected chi connectivity index (χ2v) is 6.68. The molecule has 0 aromatic carbocycles. The molecule has 2 aliphatic rings. The van der Waals surface area contributed by atoms with Crippen molar-refractivity contribution < 1.29 is 14.6 Å². The number of aliphatic hydroxyl groups excluding tert-OH is 1. The summed E-state index contributed by atoms with van der Waals surface area (Å²) in [6.45, 7) is 7.48. The molecule has 0 aliphatic heterocycles. The third-order valence-electron chi connectivity index (χ3n) is 4.39. The van der Waals surface area contributed by atoms with Gasteiger partial charge in [0.25, 0.3) is 0 Å². The highest BCUT2D eigenvalue weighted by molar-refractivity contribution is 4.93. The molecule has 2 aliphatic carbocycles. The van der Waals surface area contributed by atoms with Gasteiger partial charge >= 0.3 is 0 Å². The molecule has 3 heteroatoms. The number of hydrogen-bond donors (Lipinski definition) is 1. The van der Waals surface area contributed by atoms with E-state index >= 15 is 0 Å². The molecule has 0 bridgehead atoms. The maximum Gasteiger partial charge on any atom is 0.110 e. The summed E-state index contributed by atoms with van der Waals surface area (Å²) in [5, 5.41) is 9.71. The highest BCUT2D eigenvalue weighted by Crippen LogP contribution is 2.38. The molecule has 0 amide bonds. The number of aliphatic hydroxyl groups is 1. The lowest BCUT2D eigenvalue weighted by Gasteiger charge is -2.44. The molecule has 2 fully saturated rings. The van der Waals surface area contributed by atoms with Crippen LogP contribution in [0.25, 0.3) is 0 Å². The average Bonchev–Trinajstić information content (AvgIpc) is 2.31. The molecule has 3 atom stereocenters. The van der Waals surface area contributed by atoms with Crippen LogP contribution in [-0.2, 0) is 9.47 Å². The van der Waals surface area contributed by atoms with Crippen molar-refractivity contribution in [1.29, 1.82) is 0 Å². The van der Waals surface area contributed by atoms with E-state index in [1.807, 2.05) is 0 Å². The Bertz CT molecular complexity index is 254. The van der Waals surface area contributed by atoms with Crippen molar-refractivity contribution in [2.45, 2.75) is 83.7 Å². The van der Waals surface area contributed by atoms with E-state index in [0.717, 1.165) is 32.3 Å². The lowest BCUT2D eigenvalue weighted by Crippen LogP contribution is -2.55. The zero-order chi connectivity index (χ0) is 13.2. The van der Waals surface area contributed by atoms with Gasteiger partial charge in [0, 0.05) is 13.0 Å². The summed E-state index contributed by atoms with van der Waals surface area (Å²) in [6, 6.07) is 0. The van der Waals surface area contributed by atoms with Crippen molar-refractivity contribution in [2.24, 2.45) is 5.41 Å². The Hall–Kier alpha value is -0.120. The van der Waals surface area contributed by atoms with Crippen molar-refractivity contribution in [1.82, 2.24) is 0 Å². The highest BCUT2D eigenvalue weighted by atomic mass is 16.6. The zero-order valence-corrected chi connectivity index (χ0v) is 12.0. The van der Waals surface area contributed by atoms with Crippen LogP contribution in [0.3, 0.4) is 0 Å². The summed E-state index contributed by atoms with van der Waals surface area (Å²) < 4.78 is 11.8. The van der Waals surface area contributed by atoms with E-state index in [1.165, 1.54) is 12.8 Å². The van der Waals surface area contributed by atoms with Gasteiger partial charge in [0.05, 0.1) is 18.3 Å². The van der Waals surface area contributed by atoms with Crippen LogP contribution in [0.4, 0.5) is 0 Å². The van der Waals surface area contributed by atoms with E-state index in [1.54, 1.807) is 0 Å². The standard InChI is InChI=1S/C15H28O3/c1-4-9-17-14-12(16)10-13(14)18-11-5-7-15(2,3)8-6-11/h11-14,16H,4-10H2,1-3H3. The van der Waals surface area contributed by atoms with E-state index in [4.69, 9.17) is 9.47 Å². The Morgan fingerprint density at radius 1 is 1.22 bits per heavy atom. The monoisotopic (exact) mass is 256 g/mol. The Morgan fingerprint density at radius 3 is 2.44 bits per heavy atom. The van der Waals surface area contributed by atoms with Crippen LogP contribution in [0.2, 0.25) is 0 Å². The van der Waals surface area contributed by atoms with Crippen LogP contribution in [0, 0.1) is 5.41 Å². The molecular formula is C15H28O3. The third-order valence-corrected chi connectivity index (χ3v) is 4.39. The fourth-order valence-electron chi connectivity index (χ4n) is 2.92. The first-order valence-corrected chi connectivity index (χ1v) is 7.47. The maximum absolute atomic E-state index is 9.71. The summed E-state index contributed by atoms with van der Waals surface area (Å²) in [5.74, 6) is 0. The molecule has 2 saturated carbocycles. The molecule has 1 N–H and O–H groups in total. The first-order valence-electron chi connectivity index (χ1n) is 7.47. The van der Waals surface area contributed by atoms with Crippen LogP contribution in [0.5, 0.6) is 0 Å². The molecule has 18 heavy (non-hydrogen) atoms. The zero-order valence-electron chi connectivity index (χ0n) is 12.0. The van der Waals surface area contributed by atoms with Gasteiger partial charge in [-0.1, -0.05) is 20.8 Å². The topological polar surface area (TPSA) is 38.7 Å². The summed E-state index contributed by atoms with van der Waals surface area (Å²) in [6.07, 6.45) is 6.63. The van der Waals surface area contributed by atoms with E-state index in [-0.39, 0.29) is 18.3 Å². The minimum absolute atomic E-state index is 0.0834. The SMILES string of the molecule is CCCOC1C(O)CC1OC1CCC(C)(C)CC1. The van der Waals surface area contributed by atoms with Gasteiger partial charge in [-0.15, -0.1) is 0 Å². The van der Waals surface area contributed by atoms with E-state index in [0.29, 0.717) is 11.5 Å². The van der Waals surface area contributed by atoms with Crippen molar-refractivity contribution in [2.75, 3.05) is 6.61 Å². The van der Waals surface area contributed by atoms with Crippen molar-refractivity contribution >= 4 is 0 Å².